The summed E-state index contributed by atoms with van der Waals surface area (Å²) in [4.78, 5) is 0.284. The van der Waals surface area contributed by atoms with Gasteiger partial charge >= 0.3 is 0 Å². The number of halogens is 1. The third-order valence-corrected chi connectivity index (χ3v) is 8.11. The molecule has 5 rings (SSSR count). The van der Waals surface area contributed by atoms with Gasteiger partial charge in [0.2, 0.25) is 10.0 Å². The first-order chi connectivity index (χ1) is 14.1. The quantitative estimate of drug-likeness (QED) is 0.779. The van der Waals surface area contributed by atoms with E-state index in [0.29, 0.717) is 32.0 Å². The van der Waals surface area contributed by atoms with Gasteiger partial charge in [-0.2, -0.15) is 4.31 Å². The lowest BCUT2D eigenvalue weighted by atomic mass is 9.77. The summed E-state index contributed by atoms with van der Waals surface area (Å²) in [6.45, 7) is 1.59. The number of nitrogens with one attached hydrogen (secondary N) is 1. The van der Waals surface area contributed by atoms with Gasteiger partial charge in [0.05, 0.1) is 29.8 Å². The highest BCUT2D eigenvalue weighted by Gasteiger charge is 2.39. The van der Waals surface area contributed by atoms with Crippen molar-refractivity contribution in [2.75, 3.05) is 31.6 Å². The Bertz CT molecular complexity index is 1050. The second kappa shape index (κ2) is 7.23. The molecule has 1 fully saturated rings. The molecule has 0 unspecified atom stereocenters. The number of allylic oxidation sites excluding steroid dienone is 2. The first-order valence-corrected chi connectivity index (χ1v) is 11.4. The Morgan fingerprint density at radius 1 is 1.07 bits per heavy atom. The highest BCUT2D eigenvalue weighted by molar-refractivity contribution is 7.89. The monoisotopic (exact) mass is 414 g/mol. The molecular weight excluding hydrogens is 391 g/mol. The third-order valence-electron chi connectivity index (χ3n) is 6.19. The van der Waals surface area contributed by atoms with Crippen molar-refractivity contribution in [1.82, 2.24) is 4.31 Å². The zero-order valence-electron chi connectivity index (χ0n) is 15.9. The van der Waals surface area contributed by atoms with E-state index in [-0.39, 0.29) is 28.6 Å². The molecule has 2 aliphatic heterocycles. The maximum Gasteiger partial charge on any atom is 0.243 e. The largest absolute Gasteiger partial charge is 0.379 e. The molecular formula is C22H23FN2O3S. The van der Waals surface area contributed by atoms with E-state index in [9.17, 15) is 12.8 Å². The number of anilines is 1. The van der Waals surface area contributed by atoms with E-state index in [4.69, 9.17) is 4.74 Å². The van der Waals surface area contributed by atoms with Crippen LogP contribution in [0.1, 0.15) is 29.5 Å². The van der Waals surface area contributed by atoms with Crippen molar-refractivity contribution in [3.63, 3.8) is 0 Å². The molecule has 5 nitrogen and oxygen atoms in total. The zero-order chi connectivity index (χ0) is 20.0. The van der Waals surface area contributed by atoms with Gasteiger partial charge in [-0.25, -0.2) is 12.8 Å². The molecule has 1 aliphatic carbocycles. The van der Waals surface area contributed by atoms with Crippen LogP contribution in [0.25, 0.3) is 0 Å². The van der Waals surface area contributed by atoms with Gasteiger partial charge in [0.15, 0.2) is 0 Å². The lowest BCUT2D eigenvalue weighted by Gasteiger charge is -2.37. The fourth-order valence-electron chi connectivity index (χ4n) is 4.70. The smallest absolute Gasteiger partial charge is 0.243 e. The summed E-state index contributed by atoms with van der Waals surface area (Å²) in [5.41, 5.74) is 2.51. The highest BCUT2D eigenvalue weighted by atomic mass is 32.2. The van der Waals surface area contributed by atoms with E-state index < -0.39 is 10.0 Å². The minimum atomic E-state index is -3.52. The van der Waals surface area contributed by atoms with Gasteiger partial charge in [-0.15, -0.1) is 0 Å². The van der Waals surface area contributed by atoms with Crippen molar-refractivity contribution in [1.29, 1.82) is 0 Å². The minimum absolute atomic E-state index is 0.0699. The number of morpholine rings is 1. The number of ether oxygens (including phenoxy) is 1. The van der Waals surface area contributed by atoms with E-state index in [1.54, 1.807) is 18.2 Å². The van der Waals surface area contributed by atoms with Gasteiger partial charge in [-0.3, -0.25) is 0 Å². The molecule has 7 heteroatoms. The summed E-state index contributed by atoms with van der Waals surface area (Å²) in [6.07, 6.45) is 5.22. The van der Waals surface area contributed by atoms with Crippen LogP contribution in [-0.4, -0.2) is 39.0 Å². The molecule has 0 spiro atoms. The third kappa shape index (κ3) is 3.17. The van der Waals surface area contributed by atoms with Crippen molar-refractivity contribution in [2.24, 2.45) is 5.92 Å². The molecule has 1 saturated heterocycles. The molecule has 2 aromatic carbocycles. The van der Waals surface area contributed by atoms with E-state index in [1.807, 2.05) is 18.2 Å². The van der Waals surface area contributed by atoms with Crippen LogP contribution in [-0.2, 0) is 14.8 Å². The molecule has 0 bridgehead atoms. The number of rotatable bonds is 3. The fourth-order valence-corrected chi connectivity index (χ4v) is 6.10. The predicted molar refractivity (Wildman–Crippen MR) is 109 cm³/mol. The summed E-state index contributed by atoms with van der Waals surface area (Å²) >= 11 is 0. The molecule has 0 radical (unpaired) electrons. The SMILES string of the molecule is O=S(=O)(c1ccc([C@H]2Nc3c(F)cccc3[C@@H]3C=CC[C@H]23)cc1)N1CCOCC1. The molecule has 2 heterocycles. The molecule has 1 N–H and O–H groups in total. The second-order valence-electron chi connectivity index (χ2n) is 7.77. The number of hydrogen-bond acceptors (Lipinski definition) is 4. The average molecular weight is 415 g/mol. The average Bonchev–Trinajstić information content (AvgIpc) is 3.25. The van der Waals surface area contributed by atoms with Crippen molar-refractivity contribution >= 4 is 15.7 Å². The van der Waals surface area contributed by atoms with Crippen molar-refractivity contribution in [2.45, 2.75) is 23.3 Å². The Labute approximate surface area is 170 Å². The summed E-state index contributed by atoms with van der Waals surface area (Å²) in [5.74, 6) is 0.201. The van der Waals surface area contributed by atoms with Crippen LogP contribution in [0.5, 0.6) is 0 Å². The lowest BCUT2D eigenvalue weighted by molar-refractivity contribution is 0.0730. The lowest BCUT2D eigenvalue weighted by Crippen LogP contribution is -2.40. The van der Waals surface area contributed by atoms with Crippen molar-refractivity contribution in [3.05, 3.63) is 71.6 Å². The van der Waals surface area contributed by atoms with E-state index >= 15 is 0 Å². The molecule has 0 amide bonds. The van der Waals surface area contributed by atoms with Gasteiger partial charge < -0.3 is 10.1 Å². The zero-order valence-corrected chi connectivity index (χ0v) is 16.7. The van der Waals surface area contributed by atoms with Crippen LogP contribution in [0, 0.1) is 11.7 Å². The van der Waals surface area contributed by atoms with E-state index in [0.717, 1.165) is 17.5 Å². The van der Waals surface area contributed by atoms with E-state index in [2.05, 4.69) is 17.5 Å². The summed E-state index contributed by atoms with van der Waals surface area (Å²) in [5, 5.41) is 3.38. The Balaban J connectivity index is 1.45. The fraction of sp³-hybridized carbons (Fsp3) is 0.364. The Morgan fingerprint density at radius 2 is 1.83 bits per heavy atom. The maximum absolute atomic E-state index is 14.5. The first-order valence-electron chi connectivity index (χ1n) is 9.95. The summed E-state index contributed by atoms with van der Waals surface area (Å²) in [6, 6.07) is 12.2. The Morgan fingerprint density at radius 3 is 2.59 bits per heavy atom. The molecule has 29 heavy (non-hydrogen) atoms. The van der Waals surface area contributed by atoms with Crippen LogP contribution in [0.3, 0.4) is 0 Å². The number of benzene rings is 2. The number of hydrogen-bond donors (Lipinski definition) is 1. The van der Waals surface area contributed by atoms with Crippen LogP contribution in [0.4, 0.5) is 10.1 Å². The number of sulfonamides is 1. The number of para-hydroxylation sites is 1. The van der Waals surface area contributed by atoms with Crippen molar-refractivity contribution < 1.29 is 17.5 Å². The number of fused-ring (bicyclic) bond motifs is 3. The molecule has 3 aliphatic rings. The summed E-state index contributed by atoms with van der Waals surface area (Å²) < 4.78 is 46.9. The van der Waals surface area contributed by atoms with Gasteiger partial charge in [0, 0.05) is 19.0 Å². The predicted octanol–water partition coefficient (Wildman–Crippen LogP) is 3.67. The van der Waals surface area contributed by atoms with Gasteiger partial charge in [0.1, 0.15) is 5.82 Å². The Kier molecular flexibility index (Phi) is 4.69. The highest BCUT2D eigenvalue weighted by Crippen LogP contribution is 2.50. The van der Waals surface area contributed by atoms with Crippen LogP contribution in [0.2, 0.25) is 0 Å². The van der Waals surface area contributed by atoms with Crippen LogP contribution >= 0.6 is 0 Å². The molecule has 152 valence electrons. The van der Waals surface area contributed by atoms with Crippen LogP contribution < -0.4 is 5.32 Å². The van der Waals surface area contributed by atoms with Crippen LogP contribution in [0.15, 0.2) is 59.5 Å². The first kappa shape index (κ1) is 18.8. The molecule has 2 aromatic rings. The molecule has 3 atom stereocenters. The summed E-state index contributed by atoms with van der Waals surface area (Å²) in [7, 11) is -3.52. The maximum atomic E-state index is 14.5. The van der Waals surface area contributed by atoms with E-state index in [1.165, 1.54) is 10.4 Å². The normalized spacial score (nSPS) is 26.6. The molecule has 0 aromatic heterocycles. The topological polar surface area (TPSA) is 58.6 Å². The van der Waals surface area contributed by atoms with Crippen molar-refractivity contribution in [3.8, 4) is 0 Å². The minimum Gasteiger partial charge on any atom is -0.379 e. The van der Waals surface area contributed by atoms with Gasteiger partial charge in [-0.1, -0.05) is 36.4 Å². The van der Waals surface area contributed by atoms with Gasteiger partial charge in [0.25, 0.3) is 0 Å². The standard InChI is InChI=1S/C22H23FN2O3S/c23-20-6-2-5-19-17-3-1-4-18(17)21(24-22(19)20)15-7-9-16(10-8-15)29(26,27)25-11-13-28-14-12-25/h1-3,5-10,17-18,21,24H,4,11-14H2/t17-,18+,21-/m1/s1. The second-order valence-corrected chi connectivity index (χ2v) is 9.70. The number of nitrogens with zero attached hydrogens (tertiary/aromatic N) is 1. The van der Waals surface area contributed by atoms with Gasteiger partial charge in [-0.05, 0) is 41.7 Å². The Hall–Kier alpha value is -2.22. The molecule has 0 saturated carbocycles.